The minimum Gasteiger partial charge on any atom is -0.382 e. The molecule has 0 saturated heterocycles. The summed E-state index contributed by atoms with van der Waals surface area (Å²) in [6.45, 7) is 10.9. The van der Waals surface area contributed by atoms with Crippen molar-refractivity contribution in [3.8, 4) is 5.75 Å². The van der Waals surface area contributed by atoms with E-state index < -0.39 is 15.9 Å². The Balaban J connectivity index is 2.46. The second kappa shape index (κ2) is 10.6. The monoisotopic (exact) mass is 450 g/mol. The summed E-state index contributed by atoms with van der Waals surface area (Å²) in [6, 6.07) is 10.7. The van der Waals surface area contributed by atoms with Crippen LogP contribution in [0.1, 0.15) is 50.5 Å². The van der Waals surface area contributed by atoms with Crippen molar-refractivity contribution in [2.24, 2.45) is 0 Å². The Morgan fingerprint density at radius 1 is 1.06 bits per heavy atom. The van der Waals surface area contributed by atoms with Crippen molar-refractivity contribution in [2.75, 3.05) is 23.7 Å². The van der Waals surface area contributed by atoms with E-state index in [4.69, 9.17) is 4.18 Å². The molecule has 0 N–H and O–H groups in total. The largest absolute Gasteiger partial charge is 0.382 e. The van der Waals surface area contributed by atoms with Crippen molar-refractivity contribution in [3.05, 3.63) is 59.4 Å². The summed E-state index contributed by atoms with van der Waals surface area (Å²) in [4.78, 5) is 16.7. The smallest absolute Gasteiger partial charge is 0.308 e. The van der Waals surface area contributed by atoms with Crippen LogP contribution in [0, 0.1) is 5.82 Å². The molecule has 170 valence electrons. The van der Waals surface area contributed by atoms with Crippen LogP contribution in [0.25, 0.3) is 0 Å². The van der Waals surface area contributed by atoms with Crippen LogP contribution < -0.4 is 9.08 Å². The van der Waals surface area contributed by atoms with Crippen LogP contribution in [-0.4, -0.2) is 44.1 Å². The summed E-state index contributed by atoms with van der Waals surface area (Å²) >= 11 is 0. The van der Waals surface area contributed by atoms with Gasteiger partial charge in [-0.1, -0.05) is 12.1 Å². The maximum atomic E-state index is 13.6. The first-order chi connectivity index (χ1) is 14.6. The van der Waals surface area contributed by atoms with Crippen LogP contribution in [0.3, 0.4) is 0 Å². The number of rotatable bonds is 10. The van der Waals surface area contributed by atoms with Crippen LogP contribution in [0.15, 0.2) is 42.5 Å². The minimum atomic E-state index is -3.76. The summed E-state index contributed by atoms with van der Waals surface area (Å²) < 4.78 is 43.4. The third-order valence-electron chi connectivity index (χ3n) is 5.05. The van der Waals surface area contributed by atoms with Crippen molar-refractivity contribution >= 4 is 21.7 Å². The molecule has 0 atom stereocenters. The predicted octanol–water partition coefficient (Wildman–Crippen LogP) is 4.45. The molecule has 0 fully saturated rings. The van der Waals surface area contributed by atoms with Gasteiger partial charge in [0.05, 0.1) is 5.75 Å². The van der Waals surface area contributed by atoms with E-state index in [1.807, 2.05) is 33.8 Å². The van der Waals surface area contributed by atoms with E-state index in [1.165, 1.54) is 25.1 Å². The Bertz CT molecular complexity index is 1000. The predicted molar refractivity (Wildman–Crippen MR) is 122 cm³/mol. The van der Waals surface area contributed by atoms with E-state index in [0.717, 1.165) is 18.8 Å². The minimum absolute atomic E-state index is 0.125. The van der Waals surface area contributed by atoms with E-state index in [9.17, 15) is 17.6 Å². The highest BCUT2D eigenvalue weighted by Gasteiger charge is 2.23. The van der Waals surface area contributed by atoms with Crippen LogP contribution >= 0.6 is 0 Å². The number of halogens is 1. The maximum Gasteiger partial charge on any atom is 0.308 e. The molecule has 0 aromatic heterocycles. The van der Waals surface area contributed by atoms with Crippen LogP contribution in [0.5, 0.6) is 5.75 Å². The molecule has 2 rings (SSSR count). The van der Waals surface area contributed by atoms with Crippen LogP contribution in [0.2, 0.25) is 0 Å². The van der Waals surface area contributed by atoms with Crippen LogP contribution in [0.4, 0.5) is 10.1 Å². The number of benzene rings is 2. The fraction of sp³-hybridized carbons (Fsp3) is 0.435. The molecular formula is C23H31FN2O4S. The lowest BCUT2D eigenvalue weighted by Crippen LogP contribution is -2.36. The van der Waals surface area contributed by atoms with Crippen molar-refractivity contribution in [1.82, 2.24) is 4.90 Å². The summed E-state index contributed by atoms with van der Waals surface area (Å²) in [5.74, 6) is -0.801. The van der Waals surface area contributed by atoms with Gasteiger partial charge in [0.1, 0.15) is 11.6 Å². The van der Waals surface area contributed by atoms with Crippen molar-refractivity contribution in [3.63, 3.8) is 0 Å². The maximum absolute atomic E-state index is 13.6. The average Bonchev–Trinajstić information content (AvgIpc) is 2.73. The summed E-state index contributed by atoms with van der Waals surface area (Å²) in [6.07, 6.45) is 0. The molecule has 1 amide bonds. The second-order valence-corrected chi connectivity index (χ2v) is 9.29. The Labute approximate surface area is 184 Å². The fourth-order valence-corrected chi connectivity index (χ4v) is 3.74. The molecule has 0 saturated carbocycles. The van der Waals surface area contributed by atoms with Gasteiger partial charge in [-0.3, -0.25) is 4.79 Å². The number of nitrogens with zero attached hydrogens (tertiary/aromatic N) is 2. The fourth-order valence-electron chi connectivity index (χ4n) is 3.19. The first-order valence-corrected chi connectivity index (χ1v) is 12.1. The molecule has 0 heterocycles. The number of carbonyl (C=O) groups excluding carboxylic acids is 1. The molecular weight excluding hydrogens is 419 g/mol. The Morgan fingerprint density at radius 2 is 1.74 bits per heavy atom. The van der Waals surface area contributed by atoms with Gasteiger partial charge in [0.2, 0.25) is 0 Å². The lowest BCUT2D eigenvalue weighted by Gasteiger charge is -2.28. The zero-order chi connectivity index (χ0) is 23.2. The zero-order valence-corrected chi connectivity index (χ0v) is 19.6. The molecule has 0 bridgehead atoms. The summed E-state index contributed by atoms with van der Waals surface area (Å²) in [5, 5.41) is 0. The van der Waals surface area contributed by atoms with Gasteiger partial charge in [-0.15, -0.1) is 0 Å². The van der Waals surface area contributed by atoms with E-state index in [1.54, 1.807) is 23.1 Å². The SMILES string of the molecule is CCN(CC)c1ccc(CN(C(=O)c2cccc(F)c2)C(C)C)c(OS(=O)(=O)CC)c1. The Hall–Kier alpha value is -2.61. The first kappa shape index (κ1) is 24.7. The highest BCUT2D eigenvalue weighted by Crippen LogP contribution is 2.29. The summed E-state index contributed by atoms with van der Waals surface area (Å²) in [5.41, 5.74) is 1.63. The highest BCUT2D eigenvalue weighted by atomic mass is 32.2. The molecule has 0 aliphatic carbocycles. The van der Waals surface area contributed by atoms with Crippen molar-refractivity contribution in [2.45, 2.75) is 47.2 Å². The highest BCUT2D eigenvalue weighted by molar-refractivity contribution is 7.87. The summed E-state index contributed by atoms with van der Waals surface area (Å²) in [7, 11) is -3.76. The van der Waals surface area contributed by atoms with Gasteiger partial charge in [-0.2, -0.15) is 8.42 Å². The molecule has 8 heteroatoms. The van der Waals surface area contributed by atoms with Crippen molar-refractivity contribution < 1.29 is 21.8 Å². The topological polar surface area (TPSA) is 66.9 Å². The van der Waals surface area contributed by atoms with Gasteiger partial charge in [-0.05, 0) is 58.9 Å². The average molecular weight is 451 g/mol. The third-order valence-corrected chi connectivity index (χ3v) is 6.19. The molecule has 2 aromatic rings. The number of carbonyl (C=O) groups is 1. The molecule has 6 nitrogen and oxygen atoms in total. The number of amides is 1. The van der Waals surface area contributed by atoms with Gasteiger partial charge in [-0.25, -0.2) is 4.39 Å². The molecule has 0 unspecified atom stereocenters. The molecule has 0 aliphatic rings. The van der Waals surface area contributed by atoms with Crippen molar-refractivity contribution in [1.29, 1.82) is 0 Å². The third kappa shape index (κ3) is 6.43. The number of hydrogen-bond donors (Lipinski definition) is 0. The van der Waals surface area contributed by atoms with Gasteiger partial charge in [0.15, 0.2) is 0 Å². The van der Waals surface area contributed by atoms with Gasteiger partial charge in [0, 0.05) is 48.6 Å². The Kier molecular flexibility index (Phi) is 8.44. The normalized spacial score (nSPS) is 11.5. The quantitative estimate of drug-likeness (QED) is 0.500. The zero-order valence-electron chi connectivity index (χ0n) is 18.8. The van der Waals surface area contributed by atoms with Gasteiger partial charge in [0.25, 0.3) is 5.91 Å². The molecule has 0 spiro atoms. The molecule has 31 heavy (non-hydrogen) atoms. The lowest BCUT2D eigenvalue weighted by molar-refractivity contribution is 0.0689. The van der Waals surface area contributed by atoms with Gasteiger partial charge < -0.3 is 14.0 Å². The molecule has 2 aromatic carbocycles. The van der Waals surface area contributed by atoms with E-state index in [0.29, 0.717) is 5.56 Å². The van der Waals surface area contributed by atoms with Gasteiger partial charge >= 0.3 is 10.1 Å². The number of anilines is 1. The molecule has 0 radical (unpaired) electrons. The number of hydrogen-bond acceptors (Lipinski definition) is 5. The first-order valence-electron chi connectivity index (χ1n) is 10.5. The van der Waals surface area contributed by atoms with Crippen LogP contribution in [-0.2, 0) is 16.7 Å². The lowest BCUT2D eigenvalue weighted by atomic mass is 10.1. The van der Waals surface area contributed by atoms with E-state index in [2.05, 4.69) is 4.90 Å². The van der Waals surface area contributed by atoms with E-state index in [-0.39, 0.29) is 35.6 Å². The standard InChI is InChI=1S/C23H31FN2O4S/c1-6-25(7-2)21-13-12-19(22(15-21)30-31(28,29)8-3)16-26(17(4)5)23(27)18-10-9-11-20(24)14-18/h9-15,17H,6-8,16H2,1-5H3. The van der Waals surface area contributed by atoms with E-state index >= 15 is 0 Å². The molecule has 0 aliphatic heterocycles. The second-order valence-electron chi connectivity index (χ2n) is 7.43. The Morgan fingerprint density at radius 3 is 2.29 bits per heavy atom.